The Bertz CT molecular complexity index is 502. The molecule has 0 N–H and O–H groups in total. The number of aromatic nitrogens is 2. The Morgan fingerprint density at radius 2 is 2.13 bits per heavy atom. The normalized spacial score (nSPS) is 11.6. The molecule has 0 aliphatic rings. The third-order valence-electron chi connectivity index (χ3n) is 2.09. The van der Waals surface area contributed by atoms with Crippen molar-refractivity contribution in [1.82, 2.24) is 10.1 Å². The highest BCUT2D eigenvalue weighted by molar-refractivity contribution is 7.70. The van der Waals surface area contributed by atoms with E-state index in [4.69, 9.17) is 0 Å². The van der Waals surface area contributed by atoms with Gasteiger partial charge in [0.05, 0.1) is 0 Å². The van der Waals surface area contributed by atoms with Gasteiger partial charge in [-0.25, -0.2) is 0 Å². The highest BCUT2D eigenvalue weighted by Gasteiger charge is 2.12. The smallest absolute Gasteiger partial charge is 0.214 e. The summed E-state index contributed by atoms with van der Waals surface area (Å²) in [5.74, 6) is 0.519. The second-order valence-corrected chi connectivity index (χ2v) is 6.87. The number of rotatable bonds is 2. The van der Waals surface area contributed by atoms with Crippen LogP contribution in [0.15, 0.2) is 35.2 Å². The van der Waals surface area contributed by atoms with E-state index in [0.29, 0.717) is 5.82 Å². The van der Waals surface area contributed by atoms with Gasteiger partial charge in [-0.2, -0.15) is 4.98 Å². The Balaban J connectivity index is 2.49. The predicted octanol–water partition coefficient (Wildman–Crippen LogP) is 1.98. The van der Waals surface area contributed by atoms with Gasteiger partial charge in [-0.1, -0.05) is 23.4 Å². The van der Waals surface area contributed by atoms with Crippen LogP contribution in [0.1, 0.15) is 0 Å². The van der Waals surface area contributed by atoms with Crippen LogP contribution in [0.5, 0.6) is 0 Å². The lowest BCUT2D eigenvalue weighted by atomic mass is 10.2. The molecule has 0 spiro atoms. The topological polar surface area (TPSA) is 56.0 Å². The van der Waals surface area contributed by atoms with Crippen molar-refractivity contribution >= 4 is 12.4 Å². The van der Waals surface area contributed by atoms with Crippen molar-refractivity contribution in [1.29, 1.82) is 0 Å². The van der Waals surface area contributed by atoms with Crippen LogP contribution in [-0.2, 0) is 4.57 Å². The minimum absolute atomic E-state index is 0.519. The van der Waals surface area contributed by atoms with E-state index < -0.39 is 7.14 Å². The van der Waals surface area contributed by atoms with Crippen molar-refractivity contribution in [3.63, 3.8) is 0 Å². The van der Waals surface area contributed by atoms with Gasteiger partial charge in [-0.15, -0.1) is 0 Å². The van der Waals surface area contributed by atoms with Gasteiger partial charge in [-0.3, -0.25) is 0 Å². The molecule has 0 bridgehead atoms. The van der Waals surface area contributed by atoms with Gasteiger partial charge in [0.15, 0.2) is 0 Å². The summed E-state index contributed by atoms with van der Waals surface area (Å²) < 4.78 is 16.5. The first-order chi connectivity index (χ1) is 7.07. The second kappa shape index (κ2) is 3.63. The second-order valence-electron chi connectivity index (χ2n) is 3.66. The quantitative estimate of drug-likeness (QED) is 0.729. The third kappa shape index (κ3) is 2.16. The lowest BCUT2D eigenvalue weighted by Crippen LogP contribution is -2.02. The first kappa shape index (κ1) is 10.1. The maximum absolute atomic E-state index is 11.9. The van der Waals surface area contributed by atoms with Crippen molar-refractivity contribution < 1.29 is 9.09 Å². The molecule has 1 aromatic carbocycles. The molecular formula is C10H11N2O2P. The average molecular weight is 222 g/mol. The molecule has 1 aromatic heterocycles. The minimum Gasteiger partial charge on any atom is -0.342 e. The van der Waals surface area contributed by atoms with E-state index in [1.165, 1.54) is 6.39 Å². The number of hydrogen-bond acceptors (Lipinski definition) is 4. The van der Waals surface area contributed by atoms with Gasteiger partial charge in [-0.05, 0) is 19.4 Å². The van der Waals surface area contributed by atoms with Gasteiger partial charge in [0.1, 0.15) is 7.14 Å². The van der Waals surface area contributed by atoms with Crippen molar-refractivity contribution in [2.45, 2.75) is 0 Å². The van der Waals surface area contributed by atoms with Crippen LogP contribution < -0.4 is 5.30 Å². The Hall–Kier alpha value is -1.41. The molecule has 0 fully saturated rings. The number of benzene rings is 1. The van der Waals surface area contributed by atoms with Crippen LogP contribution in [-0.4, -0.2) is 23.5 Å². The molecule has 0 aliphatic heterocycles. The molecule has 1 heterocycles. The molecule has 5 heteroatoms. The largest absolute Gasteiger partial charge is 0.342 e. The maximum Gasteiger partial charge on any atom is 0.214 e. The number of nitrogens with zero attached hydrogens (tertiary/aromatic N) is 2. The fraction of sp³-hybridized carbons (Fsp3) is 0.200. The van der Waals surface area contributed by atoms with Crippen LogP contribution >= 0.6 is 7.14 Å². The lowest BCUT2D eigenvalue weighted by Gasteiger charge is -2.07. The van der Waals surface area contributed by atoms with Gasteiger partial charge >= 0.3 is 0 Å². The standard InChI is InChI=1S/C10H11N2O2P/c1-15(2,13)9-5-3-4-8(6-9)10-11-7-14-12-10/h3-7H,1-2H3. The van der Waals surface area contributed by atoms with Gasteiger partial charge < -0.3 is 9.09 Å². The monoisotopic (exact) mass is 222 g/mol. The summed E-state index contributed by atoms with van der Waals surface area (Å²) in [6, 6.07) is 7.40. The molecule has 0 amide bonds. The van der Waals surface area contributed by atoms with Crippen molar-refractivity contribution in [3.05, 3.63) is 30.7 Å². The molecule has 0 radical (unpaired) electrons. The van der Waals surface area contributed by atoms with E-state index >= 15 is 0 Å². The zero-order chi connectivity index (χ0) is 10.9. The van der Waals surface area contributed by atoms with Gasteiger partial charge in [0.25, 0.3) is 0 Å². The summed E-state index contributed by atoms with van der Waals surface area (Å²) >= 11 is 0. The summed E-state index contributed by atoms with van der Waals surface area (Å²) in [4.78, 5) is 3.94. The fourth-order valence-electron chi connectivity index (χ4n) is 1.28. The van der Waals surface area contributed by atoms with Crippen LogP contribution in [0.2, 0.25) is 0 Å². The van der Waals surface area contributed by atoms with E-state index in [1.807, 2.05) is 24.3 Å². The summed E-state index contributed by atoms with van der Waals surface area (Å²) in [5, 5.41) is 4.56. The van der Waals surface area contributed by atoms with Crippen molar-refractivity contribution in [3.8, 4) is 11.4 Å². The summed E-state index contributed by atoms with van der Waals surface area (Å²) in [5.41, 5.74) is 0.824. The molecule has 2 rings (SSSR count). The molecule has 4 nitrogen and oxygen atoms in total. The Morgan fingerprint density at radius 1 is 1.33 bits per heavy atom. The summed E-state index contributed by atoms with van der Waals surface area (Å²) in [6.07, 6.45) is 1.28. The van der Waals surface area contributed by atoms with E-state index in [2.05, 4.69) is 14.7 Å². The molecular weight excluding hydrogens is 211 g/mol. The molecule has 78 valence electrons. The zero-order valence-corrected chi connectivity index (χ0v) is 9.44. The van der Waals surface area contributed by atoms with Gasteiger partial charge in [0.2, 0.25) is 12.2 Å². The van der Waals surface area contributed by atoms with E-state index in [9.17, 15) is 4.57 Å². The highest BCUT2D eigenvalue weighted by Crippen LogP contribution is 2.35. The van der Waals surface area contributed by atoms with E-state index in [0.717, 1.165) is 10.9 Å². The number of hydrogen-bond donors (Lipinski definition) is 0. The fourth-order valence-corrected chi connectivity index (χ4v) is 2.17. The molecule has 0 aliphatic carbocycles. The maximum atomic E-state index is 11.9. The Morgan fingerprint density at radius 3 is 2.73 bits per heavy atom. The highest BCUT2D eigenvalue weighted by atomic mass is 31.2. The van der Waals surface area contributed by atoms with Crippen LogP contribution in [0.3, 0.4) is 0 Å². The summed E-state index contributed by atoms with van der Waals surface area (Å²) in [6.45, 7) is 3.48. The minimum atomic E-state index is -2.23. The zero-order valence-electron chi connectivity index (χ0n) is 8.54. The molecule has 2 aromatic rings. The first-order valence-corrected chi connectivity index (χ1v) is 7.10. The average Bonchev–Trinajstić information content (AvgIpc) is 2.69. The lowest BCUT2D eigenvalue weighted by molar-refractivity contribution is 0.419. The SMILES string of the molecule is CP(C)(=O)c1cccc(-c2ncon2)c1. The van der Waals surface area contributed by atoms with Crippen LogP contribution in [0.25, 0.3) is 11.4 Å². The first-order valence-electron chi connectivity index (χ1n) is 4.50. The third-order valence-corrected chi connectivity index (χ3v) is 3.61. The predicted molar refractivity (Wildman–Crippen MR) is 58.8 cm³/mol. The molecule has 0 saturated heterocycles. The van der Waals surface area contributed by atoms with Crippen LogP contribution in [0.4, 0.5) is 0 Å². The molecule has 0 unspecified atom stereocenters. The van der Waals surface area contributed by atoms with Crippen LogP contribution in [0, 0.1) is 0 Å². The van der Waals surface area contributed by atoms with Gasteiger partial charge in [0, 0.05) is 10.9 Å². The van der Waals surface area contributed by atoms with E-state index in [1.54, 1.807) is 13.3 Å². The van der Waals surface area contributed by atoms with Crippen molar-refractivity contribution in [2.75, 3.05) is 13.3 Å². The Labute approximate surface area is 87.7 Å². The Kier molecular flexibility index (Phi) is 2.45. The summed E-state index contributed by atoms with van der Waals surface area (Å²) in [7, 11) is -2.23. The molecule has 0 saturated carbocycles. The molecule has 0 atom stereocenters. The van der Waals surface area contributed by atoms with E-state index in [-0.39, 0.29) is 0 Å². The molecule has 15 heavy (non-hydrogen) atoms. The van der Waals surface area contributed by atoms with Crippen molar-refractivity contribution in [2.24, 2.45) is 0 Å².